The number of anilines is 1. The van der Waals surface area contributed by atoms with Crippen molar-refractivity contribution in [3.05, 3.63) is 21.3 Å². The molecule has 0 atom stereocenters. The Hall–Kier alpha value is -0.170. The molecule has 0 spiro atoms. The van der Waals surface area contributed by atoms with Crippen LogP contribution in [0, 0.1) is 0 Å². The quantitative estimate of drug-likeness (QED) is 0.814. The zero-order chi connectivity index (χ0) is 10.6. The minimum absolute atomic E-state index is 0. The Morgan fingerprint density at radius 2 is 2.20 bits per heavy atom. The van der Waals surface area contributed by atoms with Gasteiger partial charge in [-0.3, -0.25) is 4.79 Å². The summed E-state index contributed by atoms with van der Waals surface area (Å²) in [6.45, 7) is 0.285. The van der Waals surface area contributed by atoms with Crippen LogP contribution in [0.25, 0.3) is 0 Å². The molecule has 0 bridgehead atoms. The number of pyridine rings is 1. The van der Waals surface area contributed by atoms with Gasteiger partial charge < -0.3 is 10.6 Å². The summed E-state index contributed by atoms with van der Waals surface area (Å²) in [7, 11) is 1.72. The van der Waals surface area contributed by atoms with Crippen LogP contribution in [-0.2, 0) is 4.79 Å². The highest BCUT2D eigenvalue weighted by Gasteiger charge is 2.03. The largest absolute Gasteiger partial charge is 0.324 e. The number of carbonyl (C=O) groups is 1. The smallest absolute Gasteiger partial charge is 0.238 e. The maximum atomic E-state index is 11.2. The van der Waals surface area contributed by atoms with Crippen molar-refractivity contribution < 1.29 is 4.79 Å². The average molecular weight is 359 g/mol. The third-order valence-electron chi connectivity index (χ3n) is 1.42. The summed E-state index contributed by atoms with van der Waals surface area (Å²) in [6.07, 6.45) is 1.59. The molecule has 0 aliphatic heterocycles. The summed E-state index contributed by atoms with van der Waals surface area (Å²) in [5.41, 5.74) is 0.667. The molecule has 0 aliphatic carbocycles. The van der Waals surface area contributed by atoms with Crippen LogP contribution < -0.4 is 10.6 Å². The number of hydrogen-bond donors (Lipinski definition) is 2. The Morgan fingerprint density at radius 3 is 2.73 bits per heavy atom. The molecule has 1 aromatic heterocycles. The van der Waals surface area contributed by atoms with Crippen molar-refractivity contribution in [3.8, 4) is 0 Å². The highest BCUT2D eigenvalue weighted by Crippen LogP contribution is 2.23. The minimum Gasteiger partial charge on any atom is -0.324 e. The van der Waals surface area contributed by atoms with E-state index in [0.29, 0.717) is 10.3 Å². The standard InChI is InChI=1S/C8H9Br2N3O.ClH/c1-11-4-7(14)13-5-2-6(9)8(10)12-3-5;/h2-3,11H,4H2,1H3,(H,13,14);1H. The van der Waals surface area contributed by atoms with Crippen molar-refractivity contribution in [2.75, 3.05) is 18.9 Å². The maximum absolute atomic E-state index is 11.2. The second-order valence-electron chi connectivity index (χ2n) is 2.58. The Kier molecular flexibility index (Phi) is 7.08. The number of aromatic nitrogens is 1. The van der Waals surface area contributed by atoms with Gasteiger partial charge in [-0.15, -0.1) is 12.4 Å². The Bertz CT molecular complexity index is 349. The van der Waals surface area contributed by atoms with E-state index in [1.165, 1.54) is 0 Å². The summed E-state index contributed by atoms with van der Waals surface area (Å²) in [6, 6.07) is 1.78. The van der Waals surface area contributed by atoms with Gasteiger partial charge in [0.1, 0.15) is 4.60 Å². The Morgan fingerprint density at radius 1 is 1.53 bits per heavy atom. The molecule has 0 saturated heterocycles. The van der Waals surface area contributed by atoms with Crippen LogP contribution in [0.3, 0.4) is 0 Å². The van der Waals surface area contributed by atoms with Crippen molar-refractivity contribution in [1.29, 1.82) is 0 Å². The van der Waals surface area contributed by atoms with Crippen LogP contribution in [0.4, 0.5) is 5.69 Å². The molecule has 0 radical (unpaired) electrons. The van der Waals surface area contributed by atoms with E-state index in [9.17, 15) is 4.79 Å². The second-order valence-corrected chi connectivity index (χ2v) is 4.18. The zero-order valence-electron chi connectivity index (χ0n) is 7.88. The average Bonchev–Trinajstić information content (AvgIpc) is 2.12. The van der Waals surface area contributed by atoms with Gasteiger partial charge in [-0.05, 0) is 45.0 Å². The fourth-order valence-corrected chi connectivity index (χ4v) is 1.42. The van der Waals surface area contributed by atoms with Gasteiger partial charge in [0.05, 0.1) is 22.9 Å². The van der Waals surface area contributed by atoms with Crippen LogP contribution in [0.5, 0.6) is 0 Å². The molecule has 1 heterocycles. The SMILES string of the molecule is CNCC(=O)Nc1cnc(Br)c(Br)c1.Cl. The molecule has 0 aromatic carbocycles. The lowest BCUT2D eigenvalue weighted by Crippen LogP contribution is -2.25. The van der Waals surface area contributed by atoms with E-state index in [1.807, 2.05) is 0 Å². The normalized spacial score (nSPS) is 9.27. The fraction of sp³-hybridized carbons (Fsp3) is 0.250. The lowest BCUT2D eigenvalue weighted by molar-refractivity contribution is -0.115. The topological polar surface area (TPSA) is 54.0 Å². The highest BCUT2D eigenvalue weighted by molar-refractivity contribution is 9.13. The number of likely N-dealkylation sites (N-methyl/N-ethyl adjacent to an activating group) is 1. The Balaban J connectivity index is 0.00000196. The van der Waals surface area contributed by atoms with Gasteiger partial charge >= 0.3 is 0 Å². The summed E-state index contributed by atoms with van der Waals surface area (Å²) < 4.78 is 1.52. The number of carbonyl (C=O) groups excluding carboxylic acids is 1. The van der Waals surface area contributed by atoms with Gasteiger partial charge in [-0.1, -0.05) is 0 Å². The van der Waals surface area contributed by atoms with Gasteiger partial charge in [0, 0.05) is 0 Å². The van der Waals surface area contributed by atoms with Gasteiger partial charge in [0.15, 0.2) is 0 Å². The molecular formula is C8H10Br2ClN3O. The van der Waals surface area contributed by atoms with Gasteiger partial charge in [0.2, 0.25) is 5.91 Å². The van der Waals surface area contributed by atoms with Gasteiger partial charge in [-0.2, -0.15) is 0 Å². The Labute approximate surface area is 111 Å². The number of hydrogen-bond acceptors (Lipinski definition) is 3. The molecule has 1 aromatic rings. The molecule has 15 heavy (non-hydrogen) atoms. The summed E-state index contributed by atoms with van der Waals surface area (Å²) in [4.78, 5) is 15.2. The minimum atomic E-state index is -0.0940. The van der Waals surface area contributed by atoms with Crippen molar-refractivity contribution in [3.63, 3.8) is 0 Å². The molecule has 0 fully saturated rings. The monoisotopic (exact) mass is 357 g/mol. The van der Waals surface area contributed by atoms with E-state index in [2.05, 4.69) is 47.5 Å². The number of nitrogens with zero attached hydrogens (tertiary/aromatic N) is 1. The molecule has 7 heteroatoms. The third kappa shape index (κ3) is 4.92. The first kappa shape index (κ1) is 14.8. The predicted molar refractivity (Wildman–Crippen MR) is 69.4 cm³/mol. The van der Waals surface area contributed by atoms with E-state index in [1.54, 1.807) is 19.3 Å². The fourth-order valence-electron chi connectivity index (χ4n) is 0.855. The van der Waals surface area contributed by atoms with E-state index < -0.39 is 0 Å². The zero-order valence-corrected chi connectivity index (χ0v) is 11.9. The first-order chi connectivity index (χ1) is 6.63. The first-order valence-electron chi connectivity index (χ1n) is 3.89. The lowest BCUT2D eigenvalue weighted by atomic mass is 10.4. The van der Waals surface area contributed by atoms with E-state index >= 15 is 0 Å². The molecule has 2 N–H and O–H groups in total. The number of rotatable bonds is 3. The van der Waals surface area contributed by atoms with E-state index in [4.69, 9.17) is 0 Å². The number of amides is 1. The van der Waals surface area contributed by atoms with E-state index in [-0.39, 0.29) is 24.9 Å². The molecule has 4 nitrogen and oxygen atoms in total. The molecule has 0 aliphatic rings. The molecule has 0 saturated carbocycles. The molecule has 0 unspecified atom stereocenters. The number of nitrogens with one attached hydrogen (secondary N) is 2. The van der Waals surface area contributed by atoms with Crippen molar-refractivity contribution in [2.45, 2.75) is 0 Å². The van der Waals surface area contributed by atoms with E-state index in [0.717, 1.165) is 4.47 Å². The van der Waals surface area contributed by atoms with Crippen LogP contribution in [0.15, 0.2) is 21.3 Å². The molecule has 1 rings (SSSR count). The predicted octanol–water partition coefficient (Wildman–Crippen LogP) is 2.19. The van der Waals surface area contributed by atoms with Gasteiger partial charge in [-0.25, -0.2) is 4.98 Å². The summed E-state index contributed by atoms with van der Waals surface area (Å²) >= 11 is 6.54. The van der Waals surface area contributed by atoms with Crippen molar-refractivity contribution in [1.82, 2.24) is 10.3 Å². The molecule has 84 valence electrons. The maximum Gasteiger partial charge on any atom is 0.238 e. The molecule has 1 amide bonds. The van der Waals surface area contributed by atoms with Crippen LogP contribution in [0.2, 0.25) is 0 Å². The van der Waals surface area contributed by atoms with Crippen molar-refractivity contribution >= 4 is 55.9 Å². The van der Waals surface area contributed by atoms with Crippen LogP contribution in [-0.4, -0.2) is 24.5 Å². The summed E-state index contributed by atoms with van der Waals surface area (Å²) in [5, 5.41) is 5.46. The second kappa shape index (κ2) is 7.16. The first-order valence-corrected chi connectivity index (χ1v) is 5.47. The third-order valence-corrected chi connectivity index (χ3v) is 3.19. The summed E-state index contributed by atoms with van der Waals surface area (Å²) in [5.74, 6) is -0.0940. The van der Waals surface area contributed by atoms with Crippen molar-refractivity contribution in [2.24, 2.45) is 0 Å². The van der Waals surface area contributed by atoms with Gasteiger partial charge in [0.25, 0.3) is 0 Å². The van der Waals surface area contributed by atoms with Crippen LogP contribution >= 0.6 is 44.3 Å². The van der Waals surface area contributed by atoms with Crippen LogP contribution in [0.1, 0.15) is 0 Å². The molecular weight excluding hydrogens is 349 g/mol. The lowest BCUT2D eigenvalue weighted by Gasteiger charge is -2.04. The highest BCUT2D eigenvalue weighted by atomic mass is 79.9. The number of halogens is 3.